The number of ketones is 1. The third-order valence-corrected chi connectivity index (χ3v) is 4.95. The maximum absolute atomic E-state index is 12.7. The van der Waals surface area contributed by atoms with Gasteiger partial charge in [-0.05, 0) is 43.2 Å². The zero-order valence-corrected chi connectivity index (χ0v) is 14.6. The molecule has 0 unspecified atom stereocenters. The number of carbonyl (C=O) groups excluding carboxylic acids is 1. The Kier molecular flexibility index (Phi) is 4.66. The molecule has 2 aromatic carbocycles. The standard InChI is InChI=1S/C16H14Br2O2/c1-9-7-15(20-3)12(8-14(9)18)16(19)11-5-4-6-13(17)10(11)2/h4-8H,1-3H3. The van der Waals surface area contributed by atoms with Crippen LogP contribution in [-0.2, 0) is 0 Å². The van der Waals surface area contributed by atoms with Gasteiger partial charge in [-0.2, -0.15) is 0 Å². The normalized spacial score (nSPS) is 10.4. The van der Waals surface area contributed by atoms with E-state index in [1.54, 1.807) is 7.11 Å². The predicted molar refractivity (Wildman–Crippen MR) is 87.7 cm³/mol. The molecule has 0 saturated heterocycles. The zero-order valence-electron chi connectivity index (χ0n) is 11.5. The van der Waals surface area contributed by atoms with Gasteiger partial charge in [0.2, 0.25) is 0 Å². The van der Waals surface area contributed by atoms with E-state index >= 15 is 0 Å². The molecule has 0 aliphatic rings. The highest BCUT2D eigenvalue weighted by Crippen LogP contribution is 2.30. The van der Waals surface area contributed by atoms with Crippen LogP contribution < -0.4 is 4.74 Å². The van der Waals surface area contributed by atoms with Crippen LogP contribution in [0.3, 0.4) is 0 Å². The highest BCUT2D eigenvalue weighted by atomic mass is 79.9. The third-order valence-electron chi connectivity index (χ3n) is 3.24. The van der Waals surface area contributed by atoms with Gasteiger partial charge in [0.15, 0.2) is 5.78 Å². The van der Waals surface area contributed by atoms with E-state index < -0.39 is 0 Å². The summed E-state index contributed by atoms with van der Waals surface area (Å²) < 4.78 is 7.16. The summed E-state index contributed by atoms with van der Waals surface area (Å²) in [5.74, 6) is 0.552. The molecule has 0 aromatic heterocycles. The van der Waals surface area contributed by atoms with Crippen LogP contribution in [0.15, 0.2) is 39.3 Å². The number of methoxy groups -OCH3 is 1. The largest absolute Gasteiger partial charge is 0.496 e. The van der Waals surface area contributed by atoms with E-state index in [2.05, 4.69) is 31.9 Å². The Hall–Kier alpha value is -1.13. The van der Waals surface area contributed by atoms with Crippen LogP contribution in [0, 0.1) is 13.8 Å². The molecule has 0 aliphatic heterocycles. The predicted octanol–water partition coefficient (Wildman–Crippen LogP) is 5.07. The summed E-state index contributed by atoms with van der Waals surface area (Å²) >= 11 is 6.92. The summed E-state index contributed by atoms with van der Waals surface area (Å²) in [5, 5.41) is 0. The quantitative estimate of drug-likeness (QED) is 0.676. The van der Waals surface area contributed by atoms with Crippen LogP contribution in [0.5, 0.6) is 5.75 Å². The van der Waals surface area contributed by atoms with E-state index in [1.165, 1.54) is 0 Å². The van der Waals surface area contributed by atoms with Crippen molar-refractivity contribution in [2.24, 2.45) is 0 Å². The molecule has 0 amide bonds. The van der Waals surface area contributed by atoms with Gasteiger partial charge in [-0.1, -0.05) is 44.0 Å². The number of hydrogen-bond acceptors (Lipinski definition) is 2. The first-order valence-electron chi connectivity index (χ1n) is 6.09. The van der Waals surface area contributed by atoms with Gasteiger partial charge in [-0.25, -0.2) is 0 Å². The number of carbonyl (C=O) groups is 1. The second kappa shape index (κ2) is 6.10. The van der Waals surface area contributed by atoms with E-state index in [-0.39, 0.29) is 5.78 Å². The second-order valence-electron chi connectivity index (χ2n) is 4.54. The number of benzene rings is 2. The van der Waals surface area contributed by atoms with Crippen molar-refractivity contribution >= 4 is 37.6 Å². The molecule has 0 fully saturated rings. The van der Waals surface area contributed by atoms with Crippen molar-refractivity contribution in [3.8, 4) is 5.75 Å². The van der Waals surface area contributed by atoms with Crippen LogP contribution in [0.2, 0.25) is 0 Å². The molecule has 0 saturated carbocycles. The lowest BCUT2D eigenvalue weighted by Gasteiger charge is -2.12. The van der Waals surface area contributed by atoms with Gasteiger partial charge in [0.1, 0.15) is 5.75 Å². The fraction of sp³-hybridized carbons (Fsp3) is 0.188. The van der Waals surface area contributed by atoms with E-state index in [9.17, 15) is 4.79 Å². The first kappa shape index (κ1) is 15.3. The molecule has 20 heavy (non-hydrogen) atoms. The maximum Gasteiger partial charge on any atom is 0.197 e. The van der Waals surface area contributed by atoms with E-state index in [1.807, 2.05) is 44.2 Å². The second-order valence-corrected chi connectivity index (χ2v) is 6.25. The highest BCUT2D eigenvalue weighted by Gasteiger charge is 2.18. The van der Waals surface area contributed by atoms with Gasteiger partial charge in [-0.15, -0.1) is 0 Å². The molecule has 4 heteroatoms. The first-order chi connectivity index (χ1) is 9.45. The molecule has 0 heterocycles. The number of hydrogen-bond donors (Lipinski definition) is 0. The number of halogens is 2. The number of rotatable bonds is 3. The highest BCUT2D eigenvalue weighted by molar-refractivity contribution is 9.10. The number of ether oxygens (including phenoxy) is 1. The molecule has 104 valence electrons. The van der Waals surface area contributed by atoms with Crippen molar-refractivity contribution in [2.45, 2.75) is 13.8 Å². The van der Waals surface area contributed by atoms with Crippen LogP contribution in [0.25, 0.3) is 0 Å². The Balaban J connectivity index is 2.59. The summed E-state index contributed by atoms with van der Waals surface area (Å²) in [6.07, 6.45) is 0. The Morgan fingerprint density at radius 1 is 1.05 bits per heavy atom. The Morgan fingerprint density at radius 2 is 1.75 bits per heavy atom. The third kappa shape index (κ3) is 2.81. The summed E-state index contributed by atoms with van der Waals surface area (Å²) in [4.78, 5) is 12.7. The maximum atomic E-state index is 12.7. The fourth-order valence-electron chi connectivity index (χ4n) is 2.00. The zero-order chi connectivity index (χ0) is 14.9. The SMILES string of the molecule is COc1cc(C)c(Br)cc1C(=O)c1cccc(Br)c1C. The molecule has 0 spiro atoms. The van der Waals surface area contributed by atoms with E-state index in [4.69, 9.17) is 4.74 Å². The molecule has 0 radical (unpaired) electrons. The van der Waals surface area contributed by atoms with E-state index in [0.717, 1.165) is 20.1 Å². The van der Waals surface area contributed by atoms with Gasteiger partial charge in [0.05, 0.1) is 12.7 Å². The minimum absolute atomic E-state index is 0.0404. The van der Waals surface area contributed by atoms with Crippen molar-refractivity contribution in [2.75, 3.05) is 7.11 Å². The lowest BCUT2D eigenvalue weighted by molar-refractivity contribution is 0.103. The lowest BCUT2D eigenvalue weighted by Crippen LogP contribution is -2.07. The van der Waals surface area contributed by atoms with Gasteiger partial charge in [0, 0.05) is 14.5 Å². The summed E-state index contributed by atoms with van der Waals surface area (Å²) in [5.41, 5.74) is 3.19. The molecule has 2 aromatic rings. The molecular weight excluding hydrogens is 384 g/mol. The fourth-order valence-corrected chi connectivity index (χ4v) is 2.71. The van der Waals surface area contributed by atoms with Crippen LogP contribution in [0.1, 0.15) is 27.0 Å². The summed E-state index contributed by atoms with van der Waals surface area (Å²) in [7, 11) is 1.58. The first-order valence-corrected chi connectivity index (χ1v) is 7.68. The van der Waals surface area contributed by atoms with Gasteiger partial charge >= 0.3 is 0 Å². The van der Waals surface area contributed by atoms with Gasteiger partial charge < -0.3 is 4.74 Å². The molecule has 0 bridgehead atoms. The molecular formula is C16H14Br2O2. The summed E-state index contributed by atoms with van der Waals surface area (Å²) in [6.45, 7) is 3.89. The van der Waals surface area contributed by atoms with Crippen LogP contribution in [0.4, 0.5) is 0 Å². The monoisotopic (exact) mass is 396 g/mol. The number of aryl methyl sites for hydroxylation is 1. The summed E-state index contributed by atoms with van der Waals surface area (Å²) in [6, 6.07) is 9.30. The minimum Gasteiger partial charge on any atom is -0.496 e. The smallest absolute Gasteiger partial charge is 0.197 e. The Morgan fingerprint density at radius 3 is 2.40 bits per heavy atom. The van der Waals surface area contributed by atoms with E-state index in [0.29, 0.717) is 16.9 Å². The van der Waals surface area contributed by atoms with Crippen molar-refractivity contribution < 1.29 is 9.53 Å². The lowest BCUT2D eigenvalue weighted by atomic mass is 9.97. The van der Waals surface area contributed by atoms with Crippen molar-refractivity contribution in [1.82, 2.24) is 0 Å². The molecule has 0 N–H and O–H groups in total. The topological polar surface area (TPSA) is 26.3 Å². The van der Waals surface area contributed by atoms with Crippen LogP contribution in [-0.4, -0.2) is 12.9 Å². The Labute approximate surface area is 135 Å². The average Bonchev–Trinajstić information content (AvgIpc) is 2.43. The average molecular weight is 398 g/mol. The van der Waals surface area contributed by atoms with Crippen molar-refractivity contribution in [3.63, 3.8) is 0 Å². The molecule has 0 aliphatic carbocycles. The van der Waals surface area contributed by atoms with Gasteiger partial charge in [-0.3, -0.25) is 4.79 Å². The molecule has 0 atom stereocenters. The van der Waals surface area contributed by atoms with Crippen LogP contribution >= 0.6 is 31.9 Å². The van der Waals surface area contributed by atoms with Crippen molar-refractivity contribution in [1.29, 1.82) is 0 Å². The molecule has 2 nitrogen and oxygen atoms in total. The Bertz CT molecular complexity index is 678. The molecule has 2 rings (SSSR count). The minimum atomic E-state index is -0.0404. The van der Waals surface area contributed by atoms with Crippen molar-refractivity contribution in [3.05, 3.63) is 61.5 Å². The van der Waals surface area contributed by atoms with Gasteiger partial charge in [0.25, 0.3) is 0 Å².